The first-order chi connectivity index (χ1) is 8.61. The van der Waals surface area contributed by atoms with Crippen LogP contribution in [0.2, 0.25) is 10.0 Å². The molecule has 2 rings (SSSR count). The van der Waals surface area contributed by atoms with Crippen molar-refractivity contribution in [3.63, 3.8) is 0 Å². The predicted molar refractivity (Wildman–Crippen MR) is 77.2 cm³/mol. The second-order valence-electron chi connectivity index (χ2n) is 3.68. The first-order valence-electron chi connectivity index (χ1n) is 5.26. The zero-order valence-corrected chi connectivity index (χ0v) is 11.2. The third kappa shape index (κ3) is 2.63. The van der Waals surface area contributed by atoms with Crippen molar-refractivity contribution >= 4 is 40.3 Å². The maximum absolute atomic E-state index is 6.08. The van der Waals surface area contributed by atoms with Crippen molar-refractivity contribution < 1.29 is 4.74 Å². The highest BCUT2D eigenvalue weighted by Crippen LogP contribution is 2.33. The Morgan fingerprint density at radius 1 is 1.11 bits per heavy atom. The lowest BCUT2D eigenvalue weighted by Gasteiger charge is -2.12. The van der Waals surface area contributed by atoms with E-state index < -0.39 is 0 Å². The predicted octanol–water partition coefficient (Wildman–Crippen LogP) is 4.33. The van der Waals surface area contributed by atoms with Crippen molar-refractivity contribution in [1.82, 2.24) is 0 Å². The second-order valence-corrected chi connectivity index (χ2v) is 4.49. The molecule has 5 heteroatoms. The third-order valence-electron chi connectivity index (χ3n) is 2.47. The van der Waals surface area contributed by atoms with Gasteiger partial charge in [0.15, 0.2) is 0 Å². The van der Waals surface area contributed by atoms with Crippen LogP contribution in [0.4, 0.5) is 17.1 Å². The van der Waals surface area contributed by atoms with Gasteiger partial charge in [-0.1, -0.05) is 29.3 Å². The van der Waals surface area contributed by atoms with Crippen molar-refractivity contribution in [2.45, 2.75) is 0 Å². The monoisotopic (exact) mass is 282 g/mol. The van der Waals surface area contributed by atoms with Crippen LogP contribution in [-0.4, -0.2) is 7.11 Å². The Morgan fingerprint density at radius 2 is 1.89 bits per heavy atom. The van der Waals surface area contributed by atoms with E-state index in [1.165, 1.54) is 0 Å². The molecule has 0 saturated heterocycles. The van der Waals surface area contributed by atoms with Crippen LogP contribution in [0.15, 0.2) is 36.4 Å². The standard InChI is InChI=1S/C13H12Cl2N2O/c1-18-12-7-8(5-6-9(12)14)17-13-10(15)3-2-4-11(13)16/h2-7,17H,16H2,1H3. The molecule has 0 aromatic heterocycles. The molecular formula is C13H12Cl2N2O. The maximum Gasteiger partial charge on any atom is 0.139 e. The van der Waals surface area contributed by atoms with Gasteiger partial charge in [-0.25, -0.2) is 0 Å². The molecule has 0 unspecified atom stereocenters. The van der Waals surface area contributed by atoms with Crippen LogP contribution in [0.1, 0.15) is 0 Å². The molecule has 0 spiro atoms. The zero-order chi connectivity index (χ0) is 13.1. The number of nitrogens with one attached hydrogen (secondary N) is 1. The van der Waals surface area contributed by atoms with Crippen LogP contribution < -0.4 is 15.8 Å². The number of rotatable bonds is 3. The molecular weight excluding hydrogens is 271 g/mol. The number of benzene rings is 2. The largest absolute Gasteiger partial charge is 0.495 e. The summed E-state index contributed by atoms with van der Waals surface area (Å²) in [7, 11) is 1.56. The highest BCUT2D eigenvalue weighted by atomic mass is 35.5. The average Bonchev–Trinajstić information content (AvgIpc) is 2.36. The van der Waals surface area contributed by atoms with Gasteiger partial charge < -0.3 is 15.8 Å². The first-order valence-corrected chi connectivity index (χ1v) is 6.02. The molecule has 2 aromatic carbocycles. The lowest BCUT2D eigenvalue weighted by atomic mass is 10.2. The number of anilines is 3. The summed E-state index contributed by atoms with van der Waals surface area (Å²) in [6, 6.07) is 10.7. The Labute approximate surface area is 115 Å². The summed E-state index contributed by atoms with van der Waals surface area (Å²) in [5.41, 5.74) is 7.92. The summed E-state index contributed by atoms with van der Waals surface area (Å²) in [4.78, 5) is 0. The Balaban J connectivity index is 2.34. The molecule has 0 heterocycles. The van der Waals surface area contributed by atoms with Crippen LogP contribution in [0.3, 0.4) is 0 Å². The zero-order valence-electron chi connectivity index (χ0n) is 9.71. The summed E-state index contributed by atoms with van der Waals surface area (Å²) >= 11 is 12.0. The summed E-state index contributed by atoms with van der Waals surface area (Å²) < 4.78 is 5.15. The molecule has 0 atom stereocenters. The van der Waals surface area contributed by atoms with Gasteiger partial charge in [0, 0.05) is 11.8 Å². The van der Waals surface area contributed by atoms with E-state index >= 15 is 0 Å². The van der Waals surface area contributed by atoms with E-state index in [0.29, 0.717) is 27.2 Å². The summed E-state index contributed by atoms with van der Waals surface area (Å²) in [6.07, 6.45) is 0. The number of nitrogen functional groups attached to an aromatic ring is 1. The van der Waals surface area contributed by atoms with Crippen LogP contribution in [0.5, 0.6) is 5.75 Å². The molecule has 2 aromatic rings. The third-order valence-corrected chi connectivity index (χ3v) is 3.09. The van der Waals surface area contributed by atoms with Gasteiger partial charge in [-0.3, -0.25) is 0 Å². The highest BCUT2D eigenvalue weighted by Gasteiger charge is 2.07. The number of para-hydroxylation sites is 1. The van der Waals surface area contributed by atoms with Crippen molar-refractivity contribution in [3.05, 3.63) is 46.4 Å². The topological polar surface area (TPSA) is 47.3 Å². The van der Waals surface area contributed by atoms with Gasteiger partial charge in [-0.2, -0.15) is 0 Å². The molecule has 0 bridgehead atoms. The van der Waals surface area contributed by atoms with Gasteiger partial charge in [0.1, 0.15) is 5.75 Å². The minimum atomic E-state index is 0.551. The van der Waals surface area contributed by atoms with Crippen molar-refractivity contribution in [1.29, 1.82) is 0 Å². The van der Waals surface area contributed by atoms with Crippen molar-refractivity contribution in [2.75, 3.05) is 18.2 Å². The van der Waals surface area contributed by atoms with Crippen LogP contribution in [0.25, 0.3) is 0 Å². The minimum Gasteiger partial charge on any atom is -0.495 e. The number of hydrogen-bond donors (Lipinski definition) is 2. The van der Waals surface area contributed by atoms with Gasteiger partial charge >= 0.3 is 0 Å². The van der Waals surface area contributed by atoms with Crippen LogP contribution in [0, 0.1) is 0 Å². The Hall–Kier alpha value is -1.58. The molecule has 18 heavy (non-hydrogen) atoms. The minimum absolute atomic E-state index is 0.551. The molecule has 0 aliphatic rings. The van der Waals surface area contributed by atoms with Gasteiger partial charge in [-0.05, 0) is 24.3 Å². The second kappa shape index (κ2) is 5.38. The number of ether oxygens (including phenoxy) is 1. The normalized spacial score (nSPS) is 10.2. The van der Waals surface area contributed by atoms with Crippen LogP contribution >= 0.6 is 23.2 Å². The quantitative estimate of drug-likeness (QED) is 0.824. The van der Waals surface area contributed by atoms with Gasteiger partial charge in [0.05, 0.1) is 28.5 Å². The van der Waals surface area contributed by atoms with E-state index in [-0.39, 0.29) is 0 Å². The van der Waals surface area contributed by atoms with E-state index in [1.54, 1.807) is 37.4 Å². The number of nitrogens with two attached hydrogens (primary N) is 1. The Kier molecular flexibility index (Phi) is 3.84. The van der Waals surface area contributed by atoms with Crippen LogP contribution in [-0.2, 0) is 0 Å². The van der Waals surface area contributed by atoms with E-state index in [1.807, 2.05) is 6.07 Å². The SMILES string of the molecule is COc1cc(Nc2c(N)cccc2Cl)ccc1Cl. The highest BCUT2D eigenvalue weighted by molar-refractivity contribution is 6.34. The van der Waals surface area contributed by atoms with Crippen molar-refractivity contribution in [2.24, 2.45) is 0 Å². The van der Waals surface area contributed by atoms with E-state index in [9.17, 15) is 0 Å². The van der Waals surface area contributed by atoms with E-state index in [0.717, 1.165) is 5.69 Å². The average molecular weight is 283 g/mol. The molecule has 0 radical (unpaired) electrons. The summed E-state index contributed by atoms with van der Waals surface area (Å²) in [5.74, 6) is 0.590. The maximum atomic E-state index is 6.08. The fraction of sp³-hybridized carbons (Fsp3) is 0.0769. The fourth-order valence-corrected chi connectivity index (χ4v) is 1.98. The first kappa shape index (κ1) is 12.9. The van der Waals surface area contributed by atoms with Gasteiger partial charge in [-0.15, -0.1) is 0 Å². The Bertz CT molecular complexity index is 553. The molecule has 0 fully saturated rings. The molecule has 0 amide bonds. The number of halogens is 2. The lowest BCUT2D eigenvalue weighted by molar-refractivity contribution is 0.415. The van der Waals surface area contributed by atoms with E-state index in [4.69, 9.17) is 33.7 Å². The molecule has 0 saturated carbocycles. The smallest absolute Gasteiger partial charge is 0.139 e. The Morgan fingerprint density at radius 3 is 2.56 bits per heavy atom. The molecule has 3 N–H and O–H groups in total. The van der Waals surface area contributed by atoms with Gasteiger partial charge in [0.25, 0.3) is 0 Å². The van der Waals surface area contributed by atoms with Gasteiger partial charge in [0.2, 0.25) is 0 Å². The molecule has 94 valence electrons. The molecule has 3 nitrogen and oxygen atoms in total. The lowest BCUT2D eigenvalue weighted by Crippen LogP contribution is -1.97. The summed E-state index contributed by atoms with van der Waals surface area (Å²) in [6.45, 7) is 0. The van der Waals surface area contributed by atoms with Crippen molar-refractivity contribution in [3.8, 4) is 5.75 Å². The molecule has 0 aliphatic heterocycles. The van der Waals surface area contributed by atoms with E-state index in [2.05, 4.69) is 5.32 Å². The number of hydrogen-bond acceptors (Lipinski definition) is 3. The fourth-order valence-electron chi connectivity index (χ4n) is 1.55. The summed E-state index contributed by atoms with van der Waals surface area (Å²) in [5, 5.41) is 4.26. The molecule has 0 aliphatic carbocycles. The number of methoxy groups -OCH3 is 1.